The van der Waals surface area contributed by atoms with E-state index in [4.69, 9.17) is 4.74 Å². The summed E-state index contributed by atoms with van der Waals surface area (Å²) in [5, 5.41) is 18.9. The highest BCUT2D eigenvalue weighted by atomic mass is 16.6. The second kappa shape index (κ2) is 11.3. The lowest BCUT2D eigenvalue weighted by atomic mass is 10.1. The van der Waals surface area contributed by atoms with Crippen molar-refractivity contribution in [2.75, 3.05) is 23.7 Å². The van der Waals surface area contributed by atoms with Gasteiger partial charge in [0.2, 0.25) is 5.95 Å². The molecule has 2 aromatic carbocycles. The molecule has 0 aliphatic carbocycles. The van der Waals surface area contributed by atoms with E-state index < -0.39 is 11.7 Å². The molecule has 9 heteroatoms. The molecule has 0 spiro atoms. The number of phenolic OH excluding ortho intramolecular Hbond substituents is 1. The first-order chi connectivity index (χ1) is 16.6. The fraction of sp³-hybridized carbons (Fsp3) is 0.308. The Morgan fingerprint density at radius 1 is 1.11 bits per heavy atom. The van der Waals surface area contributed by atoms with Crippen LogP contribution in [-0.2, 0) is 4.74 Å². The molecule has 0 aliphatic heterocycles. The van der Waals surface area contributed by atoms with Gasteiger partial charge in [-0.3, -0.25) is 4.99 Å². The molecule has 0 saturated carbocycles. The van der Waals surface area contributed by atoms with Crippen LogP contribution in [0.5, 0.6) is 5.75 Å². The molecule has 0 saturated heterocycles. The van der Waals surface area contributed by atoms with E-state index in [1.54, 1.807) is 24.4 Å². The number of amides is 1. The Bertz CT molecular complexity index is 1200. The van der Waals surface area contributed by atoms with E-state index in [0.29, 0.717) is 24.9 Å². The van der Waals surface area contributed by atoms with Gasteiger partial charge in [-0.2, -0.15) is 4.98 Å². The Balaban J connectivity index is 1.61. The number of carbonyl (C=O) groups is 1. The van der Waals surface area contributed by atoms with Crippen molar-refractivity contribution in [3.05, 3.63) is 65.9 Å². The summed E-state index contributed by atoms with van der Waals surface area (Å²) in [6.45, 7) is 10.2. The van der Waals surface area contributed by atoms with E-state index in [0.717, 1.165) is 28.2 Å². The van der Waals surface area contributed by atoms with Gasteiger partial charge in [0.25, 0.3) is 0 Å². The van der Waals surface area contributed by atoms with Crippen molar-refractivity contribution >= 4 is 34.9 Å². The summed E-state index contributed by atoms with van der Waals surface area (Å²) < 4.78 is 5.22. The summed E-state index contributed by atoms with van der Waals surface area (Å²) in [6, 6.07) is 14.7. The number of anilines is 4. The number of aryl methyl sites for hydroxylation is 1. The minimum absolute atomic E-state index is 0.181. The topological polar surface area (TPSA) is 121 Å². The van der Waals surface area contributed by atoms with Gasteiger partial charge in [0.05, 0.1) is 6.54 Å². The number of hydrogen-bond donors (Lipinski definition) is 4. The lowest BCUT2D eigenvalue weighted by molar-refractivity contribution is 0.0529. The van der Waals surface area contributed by atoms with E-state index in [1.165, 1.54) is 0 Å². The van der Waals surface area contributed by atoms with Gasteiger partial charge in [0, 0.05) is 35.9 Å². The van der Waals surface area contributed by atoms with Crippen molar-refractivity contribution in [3.8, 4) is 5.75 Å². The average Bonchev–Trinajstić information content (AvgIpc) is 2.78. The maximum Gasteiger partial charge on any atom is 0.407 e. The second-order valence-corrected chi connectivity index (χ2v) is 8.99. The quantitative estimate of drug-likeness (QED) is 0.257. The van der Waals surface area contributed by atoms with Gasteiger partial charge < -0.3 is 25.8 Å². The summed E-state index contributed by atoms with van der Waals surface area (Å²) in [5.74, 6) is 1.21. The van der Waals surface area contributed by atoms with E-state index >= 15 is 0 Å². The van der Waals surface area contributed by atoms with Crippen molar-refractivity contribution in [2.45, 2.75) is 40.2 Å². The number of benzene rings is 2. The Kier molecular flexibility index (Phi) is 8.25. The lowest BCUT2D eigenvalue weighted by Crippen LogP contribution is -2.33. The van der Waals surface area contributed by atoms with Crippen molar-refractivity contribution < 1.29 is 14.6 Å². The standard InChI is InChI=1S/C26H32N6O3/c1-17-9-10-21(33)16-22(17)31-23-11-12-28-24(32-23)30-20-8-6-7-19(15-20)18(2)27-13-14-29-25(34)35-26(3,4)5/h6-12,15-16,33H,13-14H2,1-5H3,(H,29,34)(H2,28,30,31,32). The molecule has 1 aromatic heterocycles. The molecule has 0 unspecified atom stereocenters. The van der Waals surface area contributed by atoms with Crippen molar-refractivity contribution in [1.29, 1.82) is 0 Å². The highest BCUT2D eigenvalue weighted by molar-refractivity contribution is 5.99. The zero-order chi connectivity index (χ0) is 25.4. The summed E-state index contributed by atoms with van der Waals surface area (Å²) in [4.78, 5) is 25.1. The summed E-state index contributed by atoms with van der Waals surface area (Å²) in [7, 11) is 0. The molecule has 0 atom stereocenters. The fourth-order valence-corrected chi connectivity index (χ4v) is 3.11. The predicted octanol–water partition coefficient (Wildman–Crippen LogP) is 5.31. The average molecular weight is 477 g/mol. The summed E-state index contributed by atoms with van der Waals surface area (Å²) in [5.41, 5.74) is 3.82. The van der Waals surface area contributed by atoms with Crippen LogP contribution >= 0.6 is 0 Å². The van der Waals surface area contributed by atoms with Crippen LogP contribution < -0.4 is 16.0 Å². The van der Waals surface area contributed by atoms with Crippen LogP contribution in [0.1, 0.15) is 38.8 Å². The van der Waals surface area contributed by atoms with Gasteiger partial charge >= 0.3 is 6.09 Å². The first kappa shape index (κ1) is 25.5. The Labute approximate surface area is 205 Å². The number of aromatic nitrogens is 2. The van der Waals surface area contributed by atoms with Crippen LogP contribution in [0.25, 0.3) is 0 Å². The maximum absolute atomic E-state index is 11.7. The van der Waals surface area contributed by atoms with E-state index in [-0.39, 0.29) is 5.75 Å². The van der Waals surface area contributed by atoms with Crippen LogP contribution in [0.15, 0.2) is 59.7 Å². The summed E-state index contributed by atoms with van der Waals surface area (Å²) in [6.07, 6.45) is 1.21. The Morgan fingerprint density at radius 2 is 1.91 bits per heavy atom. The molecule has 0 bridgehead atoms. The first-order valence-corrected chi connectivity index (χ1v) is 11.3. The molecule has 3 rings (SSSR count). The van der Waals surface area contributed by atoms with Gasteiger partial charge in [-0.15, -0.1) is 0 Å². The van der Waals surface area contributed by atoms with Crippen LogP contribution in [0.3, 0.4) is 0 Å². The molecule has 1 amide bonds. The minimum Gasteiger partial charge on any atom is -0.508 e. The normalized spacial score (nSPS) is 11.6. The first-order valence-electron chi connectivity index (χ1n) is 11.3. The van der Waals surface area contributed by atoms with Crippen molar-refractivity contribution in [3.63, 3.8) is 0 Å². The van der Waals surface area contributed by atoms with E-state index in [2.05, 4.69) is 30.9 Å². The Morgan fingerprint density at radius 3 is 2.69 bits per heavy atom. The number of alkyl carbamates (subject to hydrolysis) is 1. The third-order valence-corrected chi connectivity index (χ3v) is 4.80. The number of hydrogen-bond acceptors (Lipinski definition) is 8. The van der Waals surface area contributed by atoms with Gasteiger partial charge in [-0.05, 0) is 70.0 Å². The molecule has 0 radical (unpaired) electrons. The molecule has 184 valence electrons. The minimum atomic E-state index is -0.528. The van der Waals surface area contributed by atoms with Crippen LogP contribution in [0.2, 0.25) is 0 Å². The van der Waals surface area contributed by atoms with Crippen LogP contribution in [-0.4, -0.2) is 45.6 Å². The van der Waals surface area contributed by atoms with Crippen molar-refractivity contribution in [1.82, 2.24) is 15.3 Å². The monoisotopic (exact) mass is 476 g/mol. The Hall–Kier alpha value is -4.14. The molecular weight excluding hydrogens is 444 g/mol. The van der Waals surface area contributed by atoms with Gasteiger partial charge in [0.1, 0.15) is 17.2 Å². The van der Waals surface area contributed by atoms with Gasteiger partial charge in [0.15, 0.2) is 0 Å². The number of ether oxygens (including phenoxy) is 1. The number of rotatable bonds is 8. The smallest absolute Gasteiger partial charge is 0.407 e. The number of carbonyl (C=O) groups excluding carboxylic acids is 1. The highest BCUT2D eigenvalue weighted by Gasteiger charge is 2.15. The third-order valence-electron chi connectivity index (χ3n) is 4.80. The molecule has 9 nitrogen and oxygen atoms in total. The zero-order valence-electron chi connectivity index (χ0n) is 20.7. The molecule has 0 fully saturated rings. The highest BCUT2D eigenvalue weighted by Crippen LogP contribution is 2.24. The predicted molar refractivity (Wildman–Crippen MR) is 139 cm³/mol. The molecule has 35 heavy (non-hydrogen) atoms. The molecule has 1 heterocycles. The number of phenols is 1. The number of aromatic hydroxyl groups is 1. The molecule has 0 aliphatic rings. The van der Waals surface area contributed by atoms with E-state index in [1.807, 2.05) is 65.0 Å². The maximum atomic E-state index is 11.7. The largest absolute Gasteiger partial charge is 0.508 e. The number of nitrogens with one attached hydrogen (secondary N) is 3. The fourth-order valence-electron chi connectivity index (χ4n) is 3.11. The van der Waals surface area contributed by atoms with Gasteiger partial charge in [-0.1, -0.05) is 18.2 Å². The second-order valence-electron chi connectivity index (χ2n) is 8.99. The molecular formula is C26H32N6O3. The van der Waals surface area contributed by atoms with Crippen LogP contribution in [0, 0.1) is 6.92 Å². The molecule has 4 N–H and O–H groups in total. The molecule has 3 aromatic rings. The number of nitrogens with zero attached hydrogens (tertiary/aromatic N) is 3. The summed E-state index contributed by atoms with van der Waals surface area (Å²) >= 11 is 0. The van der Waals surface area contributed by atoms with Crippen LogP contribution in [0.4, 0.5) is 27.9 Å². The third kappa shape index (κ3) is 8.29. The number of aliphatic imine (C=N–C) groups is 1. The van der Waals surface area contributed by atoms with Crippen molar-refractivity contribution in [2.24, 2.45) is 4.99 Å². The lowest BCUT2D eigenvalue weighted by Gasteiger charge is -2.19. The van der Waals surface area contributed by atoms with E-state index in [9.17, 15) is 9.90 Å². The zero-order valence-corrected chi connectivity index (χ0v) is 20.7. The SMILES string of the molecule is CC(=NCCNC(=O)OC(C)(C)C)c1cccc(Nc2nccc(Nc3cc(O)ccc3C)n2)c1. The van der Waals surface area contributed by atoms with Gasteiger partial charge in [-0.25, -0.2) is 9.78 Å².